The van der Waals surface area contributed by atoms with Crippen molar-refractivity contribution in [2.24, 2.45) is 0 Å². The van der Waals surface area contributed by atoms with Crippen molar-refractivity contribution in [3.63, 3.8) is 0 Å². The van der Waals surface area contributed by atoms with Gasteiger partial charge < -0.3 is 20.1 Å². The highest BCUT2D eigenvalue weighted by Crippen LogP contribution is 2.23. The first kappa shape index (κ1) is 25.7. The number of nitrogens with zero attached hydrogens (tertiary/aromatic N) is 1. The van der Waals surface area contributed by atoms with Crippen molar-refractivity contribution in [1.82, 2.24) is 15.5 Å². The molecule has 0 aromatic heterocycles. The number of hydrogen-bond donors (Lipinski definition) is 3. The Kier molecular flexibility index (Phi) is 8.69. The van der Waals surface area contributed by atoms with E-state index in [1.807, 2.05) is 60.7 Å². The fraction of sp³-hybridized carbons (Fsp3) is 0.481. The highest BCUT2D eigenvalue weighted by Gasteiger charge is 2.44. The second kappa shape index (κ2) is 11.5. The SMILES string of the molecule is CCCC1N[C@@H]([C@@H](O)[C@H](Cc2ccccc2)NC(=O)OC(C)(C)C)C(=O)N1Cc1ccccc1. The highest BCUT2D eigenvalue weighted by atomic mass is 16.6. The van der Waals surface area contributed by atoms with E-state index in [-0.39, 0.29) is 12.1 Å². The Morgan fingerprint density at radius 1 is 1.09 bits per heavy atom. The Bertz CT molecular complexity index is 930. The zero-order valence-electron chi connectivity index (χ0n) is 20.5. The van der Waals surface area contributed by atoms with Crippen molar-refractivity contribution >= 4 is 12.0 Å². The van der Waals surface area contributed by atoms with Gasteiger partial charge in [-0.1, -0.05) is 74.0 Å². The molecule has 4 atom stereocenters. The molecule has 3 N–H and O–H groups in total. The monoisotopic (exact) mass is 467 g/mol. The lowest BCUT2D eigenvalue weighted by molar-refractivity contribution is -0.133. The van der Waals surface area contributed by atoms with Crippen molar-refractivity contribution in [1.29, 1.82) is 0 Å². The van der Waals surface area contributed by atoms with Crippen LogP contribution in [0.4, 0.5) is 4.79 Å². The molecule has 2 aromatic carbocycles. The topological polar surface area (TPSA) is 90.9 Å². The van der Waals surface area contributed by atoms with E-state index in [9.17, 15) is 14.7 Å². The number of nitrogens with one attached hydrogen (secondary N) is 2. The van der Waals surface area contributed by atoms with Gasteiger partial charge in [-0.2, -0.15) is 0 Å². The van der Waals surface area contributed by atoms with E-state index in [0.29, 0.717) is 13.0 Å². The third kappa shape index (κ3) is 7.05. The number of aliphatic hydroxyl groups excluding tert-OH is 1. The number of benzene rings is 2. The Balaban J connectivity index is 1.80. The molecule has 34 heavy (non-hydrogen) atoms. The van der Waals surface area contributed by atoms with E-state index in [1.165, 1.54) is 0 Å². The summed E-state index contributed by atoms with van der Waals surface area (Å²) in [6, 6.07) is 17.9. The lowest BCUT2D eigenvalue weighted by atomic mass is 9.96. The highest BCUT2D eigenvalue weighted by molar-refractivity contribution is 5.85. The number of rotatable bonds is 9. The molecule has 3 rings (SSSR count). The van der Waals surface area contributed by atoms with Gasteiger partial charge in [0.2, 0.25) is 5.91 Å². The Hall–Kier alpha value is -2.90. The van der Waals surface area contributed by atoms with Crippen molar-refractivity contribution in [3.05, 3.63) is 71.8 Å². The number of carbonyl (C=O) groups is 2. The van der Waals surface area contributed by atoms with Crippen LogP contribution in [0.2, 0.25) is 0 Å². The molecule has 2 amide bonds. The van der Waals surface area contributed by atoms with Crippen LogP contribution in [0.5, 0.6) is 0 Å². The van der Waals surface area contributed by atoms with Gasteiger partial charge >= 0.3 is 6.09 Å². The minimum Gasteiger partial charge on any atom is -0.444 e. The van der Waals surface area contributed by atoms with Gasteiger partial charge in [-0.15, -0.1) is 0 Å². The number of alkyl carbamates (subject to hydrolysis) is 1. The van der Waals surface area contributed by atoms with E-state index in [2.05, 4.69) is 17.6 Å². The molecule has 184 valence electrons. The lowest BCUT2D eigenvalue weighted by Crippen LogP contribution is -2.55. The largest absolute Gasteiger partial charge is 0.444 e. The maximum absolute atomic E-state index is 13.5. The van der Waals surface area contributed by atoms with Gasteiger partial charge in [-0.25, -0.2) is 4.79 Å². The summed E-state index contributed by atoms with van der Waals surface area (Å²) in [5.41, 5.74) is 1.30. The Labute approximate surface area is 202 Å². The molecular formula is C27H37N3O4. The second-order valence-corrected chi connectivity index (χ2v) is 9.83. The second-order valence-electron chi connectivity index (χ2n) is 9.83. The summed E-state index contributed by atoms with van der Waals surface area (Å²) in [6.45, 7) is 7.89. The molecule has 1 unspecified atom stereocenters. The van der Waals surface area contributed by atoms with Crippen molar-refractivity contribution in [3.8, 4) is 0 Å². The van der Waals surface area contributed by atoms with Gasteiger partial charge in [0.1, 0.15) is 11.6 Å². The summed E-state index contributed by atoms with van der Waals surface area (Å²) in [5, 5.41) is 17.5. The van der Waals surface area contributed by atoms with E-state index >= 15 is 0 Å². The molecule has 1 saturated heterocycles. The van der Waals surface area contributed by atoms with Gasteiger partial charge in [0.15, 0.2) is 0 Å². The van der Waals surface area contributed by atoms with E-state index in [1.54, 1.807) is 25.7 Å². The van der Waals surface area contributed by atoms with E-state index in [0.717, 1.165) is 24.0 Å². The fourth-order valence-electron chi connectivity index (χ4n) is 4.24. The lowest BCUT2D eigenvalue weighted by Gasteiger charge is -2.29. The quantitative estimate of drug-likeness (QED) is 0.524. The van der Waals surface area contributed by atoms with Crippen LogP contribution in [0.3, 0.4) is 0 Å². The zero-order chi connectivity index (χ0) is 24.7. The molecule has 0 bridgehead atoms. The summed E-state index contributed by atoms with van der Waals surface area (Å²) in [4.78, 5) is 27.8. The summed E-state index contributed by atoms with van der Waals surface area (Å²) in [5.74, 6) is -0.168. The molecule has 2 aromatic rings. The first-order valence-electron chi connectivity index (χ1n) is 12.0. The van der Waals surface area contributed by atoms with Crippen LogP contribution in [0.1, 0.15) is 51.7 Å². The Morgan fingerprint density at radius 3 is 2.24 bits per heavy atom. The molecule has 0 saturated carbocycles. The maximum Gasteiger partial charge on any atom is 0.407 e. The average molecular weight is 468 g/mol. The van der Waals surface area contributed by atoms with Gasteiger partial charge in [-0.05, 0) is 44.7 Å². The van der Waals surface area contributed by atoms with E-state index < -0.39 is 29.9 Å². The smallest absolute Gasteiger partial charge is 0.407 e. The predicted octanol–water partition coefficient (Wildman–Crippen LogP) is 3.61. The number of carbonyl (C=O) groups excluding carboxylic acids is 2. The summed E-state index contributed by atoms with van der Waals surface area (Å²) in [7, 11) is 0. The summed E-state index contributed by atoms with van der Waals surface area (Å²) < 4.78 is 5.43. The standard InChI is InChI=1S/C27H37N3O4/c1-5-12-22-29-23(25(32)30(22)18-20-15-10-7-11-16-20)24(31)21(17-19-13-8-6-9-14-19)28-26(33)34-27(2,3)4/h6-11,13-16,21-24,29,31H,5,12,17-18H2,1-4H3,(H,28,33)/t21-,22?,23-,24-/m0/s1. The van der Waals surface area contributed by atoms with E-state index in [4.69, 9.17) is 4.74 Å². The predicted molar refractivity (Wildman–Crippen MR) is 132 cm³/mol. The molecule has 1 fully saturated rings. The first-order chi connectivity index (χ1) is 16.2. The van der Waals surface area contributed by atoms with Crippen LogP contribution in [0.15, 0.2) is 60.7 Å². The summed E-state index contributed by atoms with van der Waals surface area (Å²) >= 11 is 0. The molecule has 0 spiro atoms. The third-order valence-corrected chi connectivity index (χ3v) is 5.81. The molecule has 1 heterocycles. The maximum atomic E-state index is 13.5. The third-order valence-electron chi connectivity index (χ3n) is 5.81. The van der Waals surface area contributed by atoms with Crippen molar-refractivity contribution in [2.75, 3.05) is 0 Å². The Morgan fingerprint density at radius 2 is 1.68 bits per heavy atom. The van der Waals surface area contributed by atoms with Crippen LogP contribution in [-0.4, -0.2) is 52.0 Å². The van der Waals surface area contributed by atoms with Crippen molar-refractivity contribution < 1.29 is 19.4 Å². The minimum atomic E-state index is -1.14. The number of amides is 2. The first-order valence-corrected chi connectivity index (χ1v) is 12.0. The molecule has 1 aliphatic rings. The fourth-order valence-corrected chi connectivity index (χ4v) is 4.24. The minimum absolute atomic E-state index is 0.168. The normalized spacial score (nSPS) is 20.1. The molecule has 7 nitrogen and oxygen atoms in total. The van der Waals surface area contributed by atoms with Crippen LogP contribution < -0.4 is 10.6 Å². The van der Waals surface area contributed by atoms with Gasteiger partial charge in [0, 0.05) is 6.54 Å². The molecule has 0 radical (unpaired) electrons. The molecule has 7 heteroatoms. The van der Waals surface area contributed by atoms with Crippen LogP contribution >= 0.6 is 0 Å². The zero-order valence-corrected chi connectivity index (χ0v) is 20.5. The van der Waals surface area contributed by atoms with Crippen LogP contribution in [-0.2, 0) is 22.5 Å². The van der Waals surface area contributed by atoms with Crippen LogP contribution in [0, 0.1) is 0 Å². The van der Waals surface area contributed by atoms with Crippen molar-refractivity contribution in [2.45, 2.75) is 83.5 Å². The molecule has 1 aliphatic heterocycles. The van der Waals surface area contributed by atoms with Gasteiger partial charge in [-0.3, -0.25) is 10.1 Å². The number of ether oxygens (including phenoxy) is 1. The number of aliphatic hydroxyl groups is 1. The van der Waals surface area contributed by atoms with Gasteiger partial charge in [0.05, 0.1) is 18.3 Å². The molecular weight excluding hydrogens is 430 g/mol. The molecule has 0 aliphatic carbocycles. The number of hydrogen-bond acceptors (Lipinski definition) is 5. The average Bonchev–Trinajstić information content (AvgIpc) is 3.08. The van der Waals surface area contributed by atoms with Gasteiger partial charge in [0.25, 0.3) is 0 Å². The summed E-state index contributed by atoms with van der Waals surface area (Å²) in [6.07, 6.45) is 0.0812. The van der Waals surface area contributed by atoms with Crippen LogP contribution in [0.25, 0.3) is 0 Å².